The molecule has 6 nitrogen and oxygen atoms in total. The third kappa shape index (κ3) is 2.61. The van der Waals surface area contributed by atoms with E-state index in [0.29, 0.717) is 24.4 Å². The number of sulfonamides is 1. The number of hydrogen-bond donors (Lipinski definition) is 1. The van der Waals surface area contributed by atoms with Gasteiger partial charge >= 0.3 is 0 Å². The lowest BCUT2D eigenvalue weighted by atomic mass is 10.2. The number of nitrogens with zero attached hydrogens (tertiary/aromatic N) is 1. The number of hydrogen-bond acceptors (Lipinski definition) is 4. The van der Waals surface area contributed by atoms with Crippen molar-refractivity contribution in [3.63, 3.8) is 0 Å². The molecule has 0 unspecified atom stereocenters. The van der Waals surface area contributed by atoms with E-state index >= 15 is 0 Å². The van der Waals surface area contributed by atoms with E-state index in [1.165, 1.54) is 11.4 Å². The highest BCUT2D eigenvalue weighted by Gasteiger charge is 2.71. The summed E-state index contributed by atoms with van der Waals surface area (Å²) < 4.78 is 30.6. The first-order chi connectivity index (χ1) is 10.8. The first-order valence-corrected chi connectivity index (χ1v) is 9.25. The lowest BCUT2D eigenvalue weighted by Crippen LogP contribution is -2.50. The van der Waals surface area contributed by atoms with Crippen molar-refractivity contribution in [3.05, 3.63) is 24.3 Å². The molecule has 0 bridgehead atoms. The second kappa shape index (κ2) is 5.49. The number of carbonyl (C=O) groups excluding carboxylic acids is 1. The van der Waals surface area contributed by atoms with Gasteiger partial charge in [0.1, 0.15) is 5.75 Å². The summed E-state index contributed by atoms with van der Waals surface area (Å²) in [5.41, 5.74) is 0.578. The second-order valence-electron chi connectivity index (χ2n) is 6.55. The van der Waals surface area contributed by atoms with Gasteiger partial charge in [-0.3, -0.25) is 4.79 Å². The average Bonchev–Trinajstić information content (AvgIpc) is 3.22. The summed E-state index contributed by atoms with van der Waals surface area (Å²) in [5, 5.41) is 2.75. The van der Waals surface area contributed by atoms with Crippen LogP contribution in [-0.2, 0) is 14.8 Å². The van der Waals surface area contributed by atoms with Crippen molar-refractivity contribution in [3.8, 4) is 5.75 Å². The lowest BCUT2D eigenvalue weighted by Gasteiger charge is -2.28. The molecule has 0 aromatic heterocycles. The Labute approximate surface area is 136 Å². The fourth-order valence-electron chi connectivity index (χ4n) is 3.22. The molecule has 126 valence electrons. The summed E-state index contributed by atoms with van der Waals surface area (Å²) in [6, 6.07) is 6.98. The van der Waals surface area contributed by atoms with Crippen LogP contribution in [0.25, 0.3) is 0 Å². The Morgan fingerprint density at radius 3 is 2.61 bits per heavy atom. The molecule has 0 spiro atoms. The second-order valence-corrected chi connectivity index (χ2v) is 8.85. The van der Waals surface area contributed by atoms with Crippen LogP contribution in [0.2, 0.25) is 0 Å². The van der Waals surface area contributed by atoms with Crippen LogP contribution in [0.1, 0.15) is 26.7 Å². The molecule has 2 fully saturated rings. The van der Waals surface area contributed by atoms with Crippen molar-refractivity contribution in [1.29, 1.82) is 0 Å². The fourth-order valence-corrected chi connectivity index (χ4v) is 5.35. The smallest absolute Gasteiger partial charge is 0.247 e. The Morgan fingerprint density at radius 1 is 1.35 bits per heavy atom. The minimum atomic E-state index is -3.57. The van der Waals surface area contributed by atoms with Crippen molar-refractivity contribution < 1.29 is 17.9 Å². The monoisotopic (exact) mass is 338 g/mol. The molecule has 1 heterocycles. The van der Waals surface area contributed by atoms with Gasteiger partial charge in [-0.25, -0.2) is 12.7 Å². The van der Waals surface area contributed by atoms with Gasteiger partial charge in [0.05, 0.1) is 6.10 Å². The molecular weight excluding hydrogens is 316 g/mol. The number of carbonyl (C=O) groups is 1. The van der Waals surface area contributed by atoms with Crippen LogP contribution in [0.5, 0.6) is 5.75 Å². The predicted octanol–water partition coefficient (Wildman–Crippen LogP) is 1.84. The van der Waals surface area contributed by atoms with Crippen molar-refractivity contribution in [2.45, 2.75) is 37.5 Å². The molecule has 23 heavy (non-hydrogen) atoms. The maximum atomic E-state index is 12.6. The fraction of sp³-hybridized carbons (Fsp3) is 0.562. The van der Waals surface area contributed by atoms with Gasteiger partial charge in [-0.2, -0.15) is 0 Å². The quantitative estimate of drug-likeness (QED) is 0.909. The molecule has 1 N–H and O–H groups in total. The van der Waals surface area contributed by atoms with Crippen molar-refractivity contribution >= 4 is 21.6 Å². The Hall–Kier alpha value is -1.60. The van der Waals surface area contributed by atoms with Gasteiger partial charge in [-0.05, 0) is 56.9 Å². The largest absolute Gasteiger partial charge is 0.491 e. The third-order valence-corrected chi connectivity index (χ3v) is 7.19. The molecular formula is C16H22N2O4S. The van der Waals surface area contributed by atoms with Gasteiger partial charge < -0.3 is 10.1 Å². The molecule has 1 saturated heterocycles. The molecule has 1 aliphatic heterocycles. The van der Waals surface area contributed by atoms with Gasteiger partial charge in [0, 0.05) is 19.3 Å². The highest BCUT2D eigenvalue weighted by molar-refractivity contribution is 7.91. The number of amides is 1. The molecule has 1 saturated carbocycles. The average molecular weight is 338 g/mol. The number of benzene rings is 1. The normalized spacial score (nSPS) is 29.0. The summed E-state index contributed by atoms with van der Waals surface area (Å²) in [6.07, 6.45) is 1.23. The van der Waals surface area contributed by atoms with Gasteiger partial charge in [-0.15, -0.1) is 0 Å². The Kier molecular flexibility index (Phi) is 3.88. The minimum absolute atomic E-state index is 0.0627. The van der Waals surface area contributed by atoms with Crippen LogP contribution in [0, 0.1) is 5.92 Å². The van der Waals surface area contributed by atoms with Crippen LogP contribution in [-0.4, -0.2) is 43.1 Å². The van der Waals surface area contributed by atoms with E-state index in [9.17, 15) is 13.2 Å². The molecule has 1 aliphatic carbocycles. The molecule has 2 atom stereocenters. The number of rotatable bonds is 4. The van der Waals surface area contributed by atoms with Gasteiger partial charge in [0.15, 0.2) is 4.75 Å². The zero-order valence-electron chi connectivity index (χ0n) is 13.6. The first-order valence-electron chi connectivity index (χ1n) is 7.81. The zero-order chi connectivity index (χ0) is 16.8. The van der Waals surface area contributed by atoms with E-state index in [1.807, 2.05) is 13.8 Å². The van der Waals surface area contributed by atoms with Crippen LogP contribution in [0.15, 0.2) is 24.3 Å². The molecule has 3 rings (SSSR count). The van der Waals surface area contributed by atoms with E-state index in [0.717, 1.165) is 6.42 Å². The molecule has 1 aromatic rings. The summed E-state index contributed by atoms with van der Waals surface area (Å²) in [6.45, 7) is 4.36. The Morgan fingerprint density at radius 2 is 2.00 bits per heavy atom. The van der Waals surface area contributed by atoms with Crippen LogP contribution in [0.4, 0.5) is 5.69 Å². The number of fused-ring (bicyclic) bond motifs is 1. The van der Waals surface area contributed by atoms with Crippen molar-refractivity contribution in [1.82, 2.24) is 4.31 Å². The standard InChI is InChI=1S/C16H22N2O4S/c1-11(2)22-14-6-4-13(5-7-14)17-15(19)16-10-12(16)8-9-18(3)23(16,20)21/h4-7,11-12H,8-10H2,1-3H3,(H,17,19)/t12-,16+/m1/s1. The van der Waals surface area contributed by atoms with Crippen LogP contribution >= 0.6 is 0 Å². The molecule has 2 aliphatic rings. The molecule has 7 heteroatoms. The van der Waals surface area contributed by atoms with Gasteiger partial charge in [0.2, 0.25) is 15.9 Å². The van der Waals surface area contributed by atoms with Crippen molar-refractivity contribution in [2.24, 2.45) is 5.92 Å². The molecule has 1 amide bonds. The number of ether oxygens (including phenoxy) is 1. The summed E-state index contributed by atoms with van der Waals surface area (Å²) in [4.78, 5) is 12.6. The molecule has 0 radical (unpaired) electrons. The molecule has 1 aromatic carbocycles. The van der Waals surface area contributed by atoms with Crippen LogP contribution < -0.4 is 10.1 Å². The number of nitrogens with one attached hydrogen (secondary N) is 1. The highest BCUT2D eigenvalue weighted by Crippen LogP contribution is 2.56. The minimum Gasteiger partial charge on any atom is -0.491 e. The first kappa shape index (κ1) is 16.3. The van der Waals surface area contributed by atoms with E-state index in [-0.39, 0.29) is 12.0 Å². The zero-order valence-corrected chi connectivity index (χ0v) is 14.4. The van der Waals surface area contributed by atoms with Crippen LogP contribution in [0.3, 0.4) is 0 Å². The Bertz CT molecular complexity index is 714. The summed E-state index contributed by atoms with van der Waals surface area (Å²) in [5.74, 6) is 0.226. The van der Waals surface area contributed by atoms with E-state index in [1.54, 1.807) is 24.3 Å². The number of anilines is 1. The SMILES string of the molecule is CC(C)Oc1ccc(NC(=O)[C@]23C[C@H]2CCN(C)S3(=O)=O)cc1. The van der Waals surface area contributed by atoms with Gasteiger partial charge in [0.25, 0.3) is 0 Å². The maximum Gasteiger partial charge on any atom is 0.247 e. The van der Waals surface area contributed by atoms with E-state index in [4.69, 9.17) is 4.74 Å². The van der Waals surface area contributed by atoms with Crippen molar-refractivity contribution in [2.75, 3.05) is 18.9 Å². The Balaban J connectivity index is 1.75. The predicted molar refractivity (Wildman–Crippen MR) is 87.8 cm³/mol. The maximum absolute atomic E-state index is 12.6. The third-order valence-electron chi connectivity index (χ3n) is 4.58. The summed E-state index contributed by atoms with van der Waals surface area (Å²) in [7, 11) is -2.04. The lowest BCUT2D eigenvalue weighted by molar-refractivity contribution is -0.117. The summed E-state index contributed by atoms with van der Waals surface area (Å²) >= 11 is 0. The van der Waals surface area contributed by atoms with E-state index in [2.05, 4.69) is 5.32 Å². The highest BCUT2D eigenvalue weighted by atomic mass is 32.2. The van der Waals surface area contributed by atoms with Gasteiger partial charge in [-0.1, -0.05) is 0 Å². The topological polar surface area (TPSA) is 75.7 Å². The van der Waals surface area contributed by atoms with E-state index < -0.39 is 20.7 Å².